The van der Waals surface area contributed by atoms with Gasteiger partial charge >= 0.3 is 0 Å². The molecule has 0 spiro atoms. The van der Waals surface area contributed by atoms with Crippen LogP contribution in [-0.4, -0.2) is 43.8 Å². The van der Waals surface area contributed by atoms with Crippen molar-refractivity contribution in [2.45, 2.75) is 57.5 Å². The number of furan rings is 1. The third-order valence-electron chi connectivity index (χ3n) is 8.25. The quantitative estimate of drug-likeness (QED) is 0.148. The van der Waals surface area contributed by atoms with Gasteiger partial charge in [0.2, 0.25) is 0 Å². The Morgan fingerprint density at radius 1 is 1.11 bits per heavy atom. The van der Waals surface area contributed by atoms with Crippen LogP contribution < -0.4 is 21.3 Å². The number of amides is 1. The predicted molar refractivity (Wildman–Crippen MR) is 176 cm³/mol. The van der Waals surface area contributed by atoms with Crippen molar-refractivity contribution in [1.29, 1.82) is 5.26 Å². The highest BCUT2D eigenvalue weighted by Crippen LogP contribution is 2.27. The van der Waals surface area contributed by atoms with Crippen LogP contribution in [0, 0.1) is 18.3 Å². The molecule has 1 aliphatic heterocycles. The molecule has 5 rings (SSSR count). The van der Waals surface area contributed by atoms with E-state index in [1.54, 1.807) is 24.3 Å². The lowest BCUT2D eigenvalue weighted by Crippen LogP contribution is -2.53. The van der Waals surface area contributed by atoms with Gasteiger partial charge < -0.3 is 25.7 Å². The summed E-state index contributed by atoms with van der Waals surface area (Å²) in [5, 5.41) is 22.5. The average molecular weight is 628 g/mol. The fourth-order valence-corrected chi connectivity index (χ4v) is 5.69. The average Bonchev–Trinajstić information content (AvgIpc) is 3.53. The summed E-state index contributed by atoms with van der Waals surface area (Å²) in [5.74, 6) is 1.09. The summed E-state index contributed by atoms with van der Waals surface area (Å²) in [6, 6.07) is 26.4. The van der Waals surface area contributed by atoms with E-state index in [-0.39, 0.29) is 24.0 Å². The Labute approximate surface area is 269 Å². The van der Waals surface area contributed by atoms with Crippen LogP contribution in [0.2, 0.25) is 5.02 Å². The standard InChI is InChI=1S/C36H39ClFN5O2/c1-23-3-9-27(10-4-23)24(2)41-21-30-12-14-35(45-30)28-11-13-32(37)31(18-28)36(44)43-29(17-25-5-7-26(19-39)8-6-25)20-42-34-15-16-40-22-33(34)38/h3-14,18,24,29,33-34,40-42H,15-17,20-22H2,1-2H3,(H,43,44)/t24?,29-,33?,34?/m1/s1. The molecule has 4 aromatic rings. The normalized spacial score (nSPS) is 17.8. The summed E-state index contributed by atoms with van der Waals surface area (Å²) < 4.78 is 20.6. The summed E-state index contributed by atoms with van der Waals surface area (Å²) in [7, 11) is 0. The van der Waals surface area contributed by atoms with Crippen LogP contribution in [0.1, 0.15) is 57.8 Å². The van der Waals surface area contributed by atoms with Crippen LogP contribution in [0.5, 0.6) is 0 Å². The minimum Gasteiger partial charge on any atom is -0.460 e. The smallest absolute Gasteiger partial charge is 0.253 e. The number of alkyl halides is 1. The van der Waals surface area contributed by atoms with Crippen molar-refractivity contribution in [3.05, 3.63) is 117 Å². The number of rotatable bonds is 12. The van der Waals surface area contributed by atoms with E-state index in [1.165, 1.54) is 11.1 Å². The molecule has 2 heterocycles. The first-order chi connectivity index (χ1) is 21.8. The van der Waals surface area contributed by atoms with Crippen molar-refractivity contribution in [2.75, 3.05) is 19.6 Å². The van der Waals surface area contributed by atoms with Gasteiger partial charge in [0.15, 0.2) is 0 Å². The molecule has 1 amide bonds. The molecule has 0 radical (unpaired) electrons. The van der Waals surface area contributed by atoms with Crippen LogP contribution in [0.15, 0.2) is 83.3 Å². The molecule has 1 fully saturated rings. The molecule has 0 saturated carbocycles. The van der Waals surface area contributed by atoms with Crippen molar-refractivity contribution < 1.29 is 13.6 Å². The minimum atomic E-state index is -1.00. The number of nitrogens with one attached hydrogen (secondary N) is 4. The molecule has 234 valence electrons. The minimum absolute atomic E-state index is 0.155. The van der Waals surface area contributed by atoms with E-state index in [2.05, 4.69) is 65.4 Å². The lowest BCUT2D eigenvalue weighted by molar-refractivity contribution is 0.0934. The molecule has 3 aromatic carbocycles. The molecule has 0 aliphatic carbocycles. The highest BCUT2D eigenvalue weighted by Gasteiger charge is 2.26. The molecule has 3 unspecified atom stereocenters. The zero-order valence-electron chi connectivity index (χ0n) is 25.6. The Morgan fingerprint density at radius 3 is 2.62 bits per heavy atom. The molecule has 9 heteroatoms. The molecular formula is C36H39ClFN5O2. The fourth-order valence-electron chi connectivity index (χ4n) is 5.49. The van der Waals surface area contributed by atoms with Gasteiger partial charge in [-0.1, -0.05) is 53.6 Å². The summed E-state index contributed by atoms with van der Waals surface area (Å²) in [6.07, 6.45) is 0.160. The SMILES string of the molecule is Cc1ccc(C(C)NCc2ccc(-c3ccc(Cl)c(C(=O)N[C@@H](CNC4CCNCC4F)Cc4ccc(C#N)cc4)c3)o2)cc1. The number of piperidine rings is 1. The zero-order chi connectivity index (χ0) is 31.8. The third kappa shape index (κ3) is 8.80. The number of aryl methyl sites for hydroxylation is 1. The maximum atomic E-state index is 14.5. The van der Waals surface area contributed by atoms with Crippen molar-refractivity contribution in [2.24, 2.45) is 0 Å². The maximum Gasteiger partial charge on any atom is 0.253 e. The second-order valence-electron chi connectivity index (χ2n) is 11.7. The van der Waals surface area contributed by atoms with Gasteiger partial charge in [0.05, 0.1) is 28.8 Å². The van der Waals surface area contributed by atoms with Gasteiger partial charge in [0, 0.05) is 36.8 Å². The van der Waals surface area contributed by atoms with E-state index in [1.807, 2.05) is 30.3 Å². The first-order valence-electron chi connectivity index (χ1n) is 15.4. The Balaban J connectivity index is 1.26. The van der Waals surface area contributed by atoms with Gasteiger partial charge in [-0.05, 0) is 86.8 Å². The van der Waals surface area contributed by atoms with Gasteiger partial charge in [0.1, 0.15) is 17.7 Å². The number of carbonyl (C=O) groups excluding carboxylic acids is 1. The number of benzene rings is 3. The number of nitriles is 1. The lowest BCUT2D eigenvalue weighted by atomic mass is 10.0. The van der Waals surface area contributed by atoms with Gasteiger partial charge in [-0.2, -0.15) is 5.26 Å². The second-order valence-corrected chi connectivity index (χ2v) is 12.1. The van der Waals surface area contributed by atoms with Gasteiger partial charge in [0.25, 0.3) is 5.91 Å². The third-order valence-corrected chi connectivity index (χ3v) is 8.58. The Bertz CT molecular complexity index is 1620. The summed E-state index contributed by atoms with van der Waals surface area (Å²) in [4.78, 5) is 13.6. The van der Waals surface area contributed by atoms with Crippen LogP contribution in [0.3, 0.4) is 0 Å². The van der Waals surface area contributed by atoms with E-state index in [0.717, 1.165) is 23.4 Å². The molecule has 4 atom stereocenters. The van der Waals surface area contributed by atoms with Crippen molar-refractivity contribution >= 4 is 17.5 Å². The highest BCUT2D eigenvalue weighted by atomic mass is 35.5. The van der Waals surface area contributed by atoms with Gasteiger partial charge in [-0.25, -0.2) is 4.39 Å². The topological polar surface area (TPSA) is 102 Å². The first-order valence-corrected chi connectivity index (χ1v) is 15.7. The molecule has 1 saturated heterocycles. The highest BCUT2D eigenvalue weighted by molar-refractivity contribution is 6.34. The number of nitrogens with zero attached hydrogens (tertiary/aromatic N) is 1. The first kappa shape index (κ1) is 32.4. The van der Waals surface area contributed by atoms with E-state index in [4.69, 9.17) is 21.3 Å². The second kappa shape index (κ2) is 15.3. The van der Waals surface area contributed by atoms with Crippen molar-refractivity contribution in [3.63, 3.8) is 0 Å². The van der Waals surface area contributed by atoms with E-state index in [0.29, 0.717) is 54.4 Å². The van der Waals surface area contributed by atoms with Gasteiger partial charge in [-0.3, -0.25) is 4.79 Å². The van der Waals surface area contributed by atoms with Crippen LogP contribution in [0.4, 0.5) is 4.39 Å². The largest absolute Gasteiger partial charge is 0.460 e. The van der Waals surface area contributed by atoms with Crippen molar-refractivity contribution in [1.82, 2.24) is 21.3 Å². The molecule has 7 nitrogen and oxygen atoms in total. The summed E-state index contributed by atoms with van der Waals surface area (Å²) >= 11 is 6.53. The fraction of sp³-hybridized carbons (Fsp3) is 0.333. The van der Waals surface area contributed by atoms with Crippen LogP contribution in [-0.2, 0) is 13.0 Å². The Hall–Kier alpha value is -4.00. The van der Waals surface area contributed by atoms with Crippen LogP contribution >= 0.6 is 11.6 Å². The monoisotopic (exact) mass is 627 g/mol. The van der Waals surface area contributed by atoms with Gasteiger partial charge in [-0.15, -0.1) is 0 Å². The Morgan fingerprint density at radius 2 is 1.89 bits per heavy atom. The number of hydrogen-bond acceptors (Lipinski definition) is 6. The maximum absolute atomic E-state index is 14.5. The molecule has 4 N–H and O–H groups in total. The number of hydrogen-bond donors (Lipinski definition) is 4. The summed E-state index contributed by atoms with van der Waals surface area (Å²) in [5.41, 5.74) is 5.01. The van der Waals surface area contributed by atoms with E-state index in [9.17, 15) is 9.18 Å². The Kier molecular flexibility index (Phi) is 11.0. The lowest BCUT2D eigenvalue weighted by Gasteiger charge is -2.30. The molecular weight excluding hydrogens is 589 g/mol. The van der Waals surface area contributed by atoms with Crippen LogP contribution in [0.25, 0.3) is 11.3 Å². The molecule has 0 bridgehead atoms. The molecule has 45 heavy (non-hydrogen) atoms. The van der Waals surface area contributed by atoms with E-state index < -0.39 is 6.17 Å². The van der Waals surface area contributed by atoms with Crippen molar-refractivity contribution in [3.8, 4) is 17.4 Å². The zero-order valence-corrected chi connectivity index (χ0v) is 26.3. The number of halogens is 2. The number of carbonyl (C=O) groups is 1. The summed E-state index contributed by atoms with van der Waals surface area (Å²) in [6.45, 7) is 6.17. The molecule has 1 aromatic heterocycles. The van der Waals surface area contributed by atoms with E-state index >= 15 is 0 Å². The predicted octanol–water partition coefficient (Wildman–Crippen LogP) is 6.26. The molecule has 1 aliphatic rings.